The zero-order chi connectivity index (χ0) is 12.7. The van der Waals surface area contributed by atoms with Crippen molar-refractivity contribution in [2.24, 2.45) is 0 Å². The second kappa shape index (κ2) is 7.33. The molecule has 0 radical (unpaired) electrons. The van der Waals surface area contributed by atoms with Crippen LogP contribution in [0, 0.1) is 0 Å². The lowest BCUT2D eigenvalue weighted by molar-refractivity contribution is 0.0953. The van der Waals surface area contributed by atoms with E-state index in [-0.39, 0.29) is 5.91 Å². The first kappa shape index (κ1) is 14.0. The van der Waals surface area contributed by atoms with Crippen molar-refractivity contribution in [2.45, 2.75) is 26.7 Å². The number of hydrogen-bond acceptors (Lipinski definition) is 2. The molecule has 0 aromatic heterocycles. The lowest BCUT2D eigenvalue weighted by atomic mass is 10.2. The predicted molar refractivity (Wildman–Crippen MR) is 72.6 cm³/mol. The summed E-state index contributed by atoms with van der Waals surface area (Å²) in [6.07, 6.45) is 2.08. The third-order valence-corrected chi connectivity index (χ3v) is 2.93. The molecule has 0 fully saturated rings. The van der Waals surface area contributed by atoms with Crippen molar-refractivity contribution >= 4 is 21.8 Å². The summed E-state index contributed by atoms with van der Waals surface area (Å²) in [4.78, 5) is 11.8. The monoisotopic (exact) mass is 299 g/mol. The van der Waals surface area contributed by atoms with Crippen LogP contribution in [-0.2, 0) is 0 Å². The minimum absolute atomic E-state index is 0.0396. The van der Waals surface area contributed by atoms with Crippen LogP contribution in [0.4, 0.5) is 0 Å². The van der Waals surface area contributed by atoms with Crippen LogP contribution in [0.25, 0.3) is 0 Å². The highest BCUT2D eigenvalue weighted by atomic mass is 79.9. The average molecular weight is 300 g/mol. The maximum absolute atomic E-state index is 11.8. The molecule has 1 N–H and O–H groups in total. The number of carbonyl (C=O) groups excluding carboxylic acids is 1. The highest BCUT2D eigenvalue weighted by Crippen LogP contribution is 2.25. The predicted octanol–water partition coefficient (Wildman–Crippen LogP) is 3.38. The Bertz CT molecular complexity index is 380. The SMILES string of the molecule is CCCCNC(=O)c1ccc(OCC)c(Br)c1. The lowest BCUT2D eigenvalue weighted by Gasteiger charge is -2.08. The molecule has 94 valence electrons. The van der Waals surface area contributed by atoms with E-state index in [1.165, 1.54) is 0 Å². The van der Waals surface area contributed by atoms with E-state index in [4.69, 9.17) is 4.74 Å². The number of hydrogen-bond donors (Lipinski definition) is 1. The molecule has 4 heteroatoms. The van der Waals surface area contributed by atoms with Gasteiger partial charge in [0, 0.05) is 12.1 Å². The Kier molecular flexibility index (Phi) is 6.05. The molecule has 0 aliphatic heterocycles. The van der Waals surface area contributed by atoms with Gasteiger partial charge in [0.05, 0.1) is 11.1 Å². The number of unbranched alkanes of at least 4 members (excludes halogenated alkanes) is 1. The molecule has 0 aliphatic carbocycles. The van der Waals surface area contributed by atoms with E-state index >= 15 is 0 Å². The van der Waals surface area contributed by atoms with Gasteiger partial charge < -0.3 is 10.1 Å². The number of nitrogens with one attached hydrogen (secondary N) is 1. The van der Waals surface area contributed by atoms with E-state index in [1.807, 2.05) is 13.0 Å². The highest BCUT2D eigenvalue weighted by Gasteiger charge is 2.08. The number of ether oxygens (including phenoxy) is 1. The number of halogens is 1. The molecule has 17 heavy (non-hydrogen) atoms. The first-order chi connectivity index (χ1) is 8.19. The Balaban J connectivity index is 2.65. The lowest BCUT2D eigenvalue weighted by Crippen LogP contribution is -2.24. The van der Waals surface area contributed by atoms with Crippen LogP contribution >= 0.6 is 15.9 Å². The van der Waals surface area contributed by atoms with E-state index in [9.17, 15) is 4.79 Å². The molecular weight excluding hydrogens is 282 g/mol. The maximum Gasteiger partial charge on any atom is 0.251 e. The minimum Gasteiger partial charge on any atom is -0.493 e. The zero-order valence-corrected chi connectivity index (χ0v) is 11.8. The van der Waals surface area contributed by atoms with Gasteiger partial charge in [0.2, 0.25) is 0 Å². The van der Waals surface area contributed by atoms with Gasteiger partial charge in [-0.15, -0.1) is 0 Å². The molecule has 0 saturated heterocycles. The van der Waals surface area contributed by atoms with Crippen LogP contribution in [0.2, 0.25) is 0 Å². The van der Waals surface area contributed by atoms with Crippen molar-refractivity contribution in [3.05, 3.63) is 28.2 Å². The van der Waals surface area contributed by atoms with E-state index in [0.717, 1.165) is 29.6 Å². The van der Waals surface area contributed by atoms with Gasteiger partial charge in [-0.05, 0) is 47.5 Å². The van der Waals surface area contributed by atoms with Gasteiger partial charge >= 0.3 is 0 Å². The molecule has 0 heterocycles. The third kappa shape index (κ3) is 4.38. The fourth-order valence-corrected chi connectivity index (χ4v) is 1.89. The van der Waals surface area contributed by atoms with E-state index in [0.29, 0.717) is 12.2 Å². The van der Waals surface area contributed by atoms with Crippen molar-refractivity contribution in [3.8, 4) is 5.75 Å². The fourth-order valence-electron chi connectivity index (χ4n) is 1.40. The molecule has 1 rings (SSSR count). The normalized spacial score (nSPS) is 10.1. The summed E-state index contributed by atoms with van der Waals surface area (Å²) < 4.78 is 6.20. The number of amides is 1. The van der Waals surface area contributed by atoms with Gasteiger partial charge in [0.25, 0.3) is 5.91 Å². The maximum atomic E-state index is 11.8. The second-order valence-corrected chi connectivity index (χ2v) is 4.54. The molecule has 3 nitrogen and oxygen atoms in total. The molecular formula is C13H18BrNO2. The van der Waals surface area contributed by atoms with Crippen LogP contribution in [0.3, 0.4) is 0 Å². The Morgan fingerprint density at radius 3 is 2.76 bits per heavy atom. The van der Waals surface area contributed by atoms with Crippen LogP contribution in [0.15, 0.2) is 22.7 Å². The van der Waals surface area contributed by atoms with E-state index in [2.05, 4.69) is 28.2 Å². The largest absolute Gasteiger partial charge is 0.493 e. The van der Waals surface area contributed by atoms with Gasteiger partial charge in [-0.3, -0.25) is 4.79 Å². The Labute approximate surface area is 111 Å². The quantitative estimate of drug-likeness (QED) is 0.818. The van der Waals surface area contributed by atoms with Crippen molar-refractivity contribution in [3.63, 3.8) is 0 Å². The number of benzene rings is 1. The Hall–Kier alpha value is -1.03. The van der Waals surface area contributed by atoms with Gasteiger partial charge in [-0.2, -0.15) is 0 Å². The molecule has 0 bridgehead atoms. The Morgan fingerprint density at radius 2 is 2.18 bits per heavy atom. The number of rotatable bonds is 6. The smallest absolute Gasteiger partial charge is 0.251 e. The topological polar surface area (TPSA) is 38.3 Å². The number of carbonyl (C=O) groups is 1. The van der Waals surface area contributed by atoms with Crippen molar-refractivity contribution in [1.82, 2.24) is 5.32 Å². The molecule has 0 aliphatic rings. The van der Waals surface area contributed by atoms with Gasteiger partial charge in [0.1, 0.15) is 5.75 Å². The molecule has 1 aromatic carbocycles. The summed E-state index contributed by atoms with van der Waals surface area (Å²) in [7, 11) is 0. The highest BCUT2D eigenvalue weighted by molar-refractivity contribution is 9.10. The van der Waals surface area contributed by atoms with Crippen LogP contribution < -0.4 is 10.1 Å². The van der Waals surface area contributed by atoms with Gasteiger partial charge in [-0.1, -0.05) is 13.3 Å². The molecule has 1 amide bonds. The van der Waals surface area contributed by atoms with Crippen LogP contribution in [0.5, 0.6) is 5.75 Å². The van der Waals surface area contributed by atoms with Crippen molar-refractivity contribution in [2.75, 3.05) is 13.2 Å². The molecule has 0 atom stereocenters. The van der Waals surface area contributed by atoms with Gasteiger partial charge in [-0.25, -0.2) is 0 Å². The Morgan fingerprint density at radius 1 is 1.41 bits per heavy atom. The summed E-state index contributed by atoms with van der Waals surface area (Å²) in [6.45, 7) is 5.36. The van der Waals surface area contributed by atoms with Crippen LogP contribution in [0.1, 0.15) is 37.0 Å². The van der Waals surface area contributed by atoms with E-state index < -0.39 is 0 Å². The molecule has 0 unspecified atom stereocenters. The summed E-state index contributed by atoms with van der Waals surface area (Å²) in [5, 5.41) is 2.88. The standard InChI is InChI=1S/C13H18BrNO2/c1-3-5-8-15-13(16)10-6-7-12(17-4-2)11(14)9-10/h6-7,9H,3-5,8H2,1-2H3,(H,15,16). The molecule has 1 aromatic rings. The third-order valence-electron chi connectivity index (χ3n) is 2.31. The second-order valence-electron chi connectivity index (χ2n) is 3.69. The van der Waals surface area contributed by atoms with Crippen LogP contribution in [-0.4, -0.2) is 19.1 Å². The first-order valence-electron chi connectivity index (χ1n) is 5.89. The fraction of sp³-hybridized carbons (Fsp3) is 0.462. The van der Waals surface area contributed by atoms with Crippen molar-refractivity contribution in [1.29, 1.82) is 0 Å². The average Bonchev–Trinajstić information content (AvgIpc) is 2.32. The molecule has 0 saturated carbocycles. The summed E-state index contributed by atoms with van der Waals surface area (Å²) in [5.41, 5.74) is 0.649. The first-order valence-corrected chi connectivity index (χ1v) is 6.68. The molecule has 0 spiro atoms. The summed E-state index contributed by atoms with van der Waals surface area (Å²) in [6, 6.07) is 5.37. The zero-order valence-electron chi connectivity index (χ0n) is 10.3. The summed E-state index contributed by atoms with van der Waals surface area (Å²) >= 11 is 3.39. The summed E-state index contributed by atoms with van der Waals surface area (Å²) in [5.74, 6) is 0.722. The van der Waals surface area contributed by atoms with E-state index in [1.54, 1.807) is 12.1 Å². The van der Waals surface area contributed by atoms with Gasteiger partial charge in [0.15, 0.2) is 0 Å². The van der Waals surface area contributed by atoms with Crippen molar-refractivity contribution < 1.29 is 9.53 Å². The minimum atomic E-state index is -0.0396.